The number of aromatic nitrogens is 1. The number of hydrogen-bond donors (Lipinski definition) is 2. The molecule has 0 amide bonds. The quantitative estimate of drug-likeness (QED) is 0.819. The van der Waals surface area contributed by atoms with Crippen molar-refractivity contribution in [2.45, 2.75) is 6.16 Å². The molecule has 1 heterocycles. The Labute approximate surface area is 99.1 Å². The Kier molecular flexibility index (Phi) is 3.38. The number of pyridine rings is 1. The highest BCUT2D eigenvalue weighted by atomic mass is 31.2. The molecule has 1 aromatic heterocycles. The third-order valence-electron chi connectivity index (χ3n) is 2.28. The van der Waals surface area contributed by atoms with Gasteiger partial charge in [-0.15, -0.1) is 0 Å². The van der Waals surface area contributed by atoms with Gasteiger partial charge in [0, 0.05) is 11.8 Å². The van der Waals surface area contributed by atoms with E-state index in [-0.39, 0.29) is 6.16 Å². The number of benzene rings is 1. The van der Waals surface area contributed by atoms with E-state index in [9.17, 15) is 4.57 Å². The van der Waals surface area contributed by atoms with Crippen molar-refractivity contribution in [3.8, 4) is 11.3 Å². The molecule has 0 aliphatic rings. The fraction of sp³-hybridized carbons (Fsp3) is 0.0833. The summed E-state index contributed by atoms with van der Waals surface area (Å²) < 4.78 is 10.8. The first-order valence-electron chi connectivity index (χ1n) is 5.09. The Morgan fingerprint density at radius 2 is 1.76 bits per heavy atom. The number of nitrogens with zero attached hydrogens (tertiary/aromatic N) is 1. The molecular formula is C12H12NO3P. The summed E-state index contributed by atoms with van der Waals surface area (Å²) in [6.07, 6.45) is 1.23. The van der Waals surface area contributed by atoms with Gasteiger partial charge in [-0.3, -0.25) is 9.55 Å². The van der Waals surface area contributed by atoms with Crippen LogP contribution in [0.25, 0.3) is 11.3 Å². The molecule has 88 valence electrons. The molecule has 4 nitrogen and oxygen atoms in total. The molecule has 2 rings (SSSR count). The lowest BCUT2D eigenvalue weighted by Crippen LogP contribution is -1.90. The van der Waals surface area contributed by atoms with E-state index in [1.54, 1.807) is 12.1 Å². The summed E-state index contributed by atoms with van der Waals surface area (Å²) in [6.45, 7) is 0. The second-order valence-electron chi connectivity index (χ2n) is 3.74. The zero-order valence-electron chi connectivity index (χ0n) is 9.02. The Balaban J connectivity index is 2.22. The summed E-state index contributed by atoms with van der Waals surface area (Å²) in [7, 11) is -4.01. The highest BCUT2D eigenvalue weighted by molar-refractivity contribution is 7.50. The van der Waals surface area contributed by atoms with E-state index in [4.69, 9.17) is 9.79 Å². The molecule has 5 heteroatoms. The first kappa shape index (κ1) is 12.0. The van der Waals surface area contributed by atoms with Crippen molar-refractivity contribution in [2.24, 2.45) is 0 Å². The van der Waals surface area contributed by atoms with E-state index >= 15 is 0 Å². The van der Waals surface area contributed by atoms with Crippen molar-refractivity contribution in [1.82, 2.24) is 4.98 Å². The van der Waals surface area contributed by atoms with Crippen molar-refractivity contribution in [2.75, 3.05) is 0 Å². The molecule has 0 saturated carbocycles. The van der Waals surface area contributed by atoms with Crippen LogP contribution in [-0.4, -0.2) is 14.8 Å². The van der Waals surface area contributed by atoms with Crippen LogP contribution in [-0.2, 0) is 10.7 Å². The molecule has 0 saturated heterocycles. The van der Waals surface area contributed by atoms with Gasteiger partial charge in [0.1, 0.15) is 0 Å². The van der Waals surface area contributed by atoms with Crippen LogP contribution in [0.2, 0.25) is 0 Å². The Morgan fingerprint density at radius 3 is 2.29 bits per heavy atom. The molecular weight excluding hydrogens is 237 g/mol. The smallest absolute Gasteiger partial charge is 0.324 e. The van der Waals surface area contributed by atoms with E-state index in [1.807, 2.05) is 30.3 Å². The molecule has 0 radical (unpaired) electrons. The monoisotopic (exact) mass is 249 g/mol. The van der Waals surface area contributed by atoms with E-state index in [2.05, 4.69) is 4.98 Å². The van der Waals surface area contributed by atoms with Crippen LogP contribution < -0.4 is 0 Å². The molecule has 0 unspecified atom stereocenters. The van der Waals surface area contributed by atoms with Gasteiger partial charge in [-0.05, 0) is 11.6 Å². The van der Waals surface area contributed by atoms with Crippen LogP contribution in [0.3, 0.4) is 0 Å². The van der Waals surface area contributed by atoms with Crippen molar-refractivity contribution >= 4 is 7.60 Å². The molecule has 0 bridgehead atoms. The maximum absolute atomic E-state index is 10.8. The van der Waals surface area contributed by atoms with Crippen LogP contribution in [0.4, 0.5) is 0 Å². The predicted octanol–water partition coefficient (Wildman–Crippen LogP) is 2.43. The Hall–Kier alpha value is -1.48. The molecule has 2 aromatic rings. The van der Waals surface area contributed by atoms with Crippen molar-refractivity contribution < 1.29 is 14.4 Å². The van der Waals surface area contributed by atoms with Gasteiger partial charge in [-0.2, -0.15) is 0 Å². The number of rotatable bonds is 3. The molecule has 0 fully saturated rings. The van der Waals surface area contributed by atoms with Crippen molar-refractivity contribution in [3.63, 3.8) is 0 Å². The topological polar surface area (TPSA) is 70.4 Å². The minimum atomic E-state index is -4.01. The Morgan fingerprint density at radius 1 is 1.06 bits per heavy atom. The first-order chi connectivity index (χ1) is 8.04. The summed E-state index contributed by atoms with van der Waals surface area (Å²) in [5.74, 6) is 0. The van der Waals surface area contributed by atoms with Gasteiger partial charge in [-0.25, -0.2) is 0 Å². The predicted molar refractivity (Wildman–Crippen MR) is 65.4 cm³/mol. The summed E-state index contributed by atoms with van der Waals surface area (Å²) in [6, 6.07) is 13.1. The lowest BCUT2D eigenvalue weighted by Gasteiger charge is -2.05. The highest BCUT2D eigenvalue weighted by Gasteiger charge is 2.13. The van der Waals surface area contributed by atoms with Crippen LogP contribution in [0.1, 0.15) is 5.56 Å². The second kappa shape index (κ2) is 4.80. The van der Waals surface area contributed by atoms with Gasteiger partial charge in [-0.1, -0.05) is 36.4 Å². The fourth-order valence-electron chi connectivity index (χ4n) is 1.54. The zero-order valence-corrected chi connectivity index (χ0v) is 9.92. The van der Waals surface area contributed by atoms with Crippen LogP contribution in [0.5, 0.6) is 0 Å². The van der Waals surface area contributed by atoms with Crippen molar-refractivity contribution in [1.29, 1.82) is 0 Å². The first-order valence-corrected chi connectivity index (χ1v) is 6.89. The maximum atomic E-state index is 10.8. The number of hydrogen-bond acceptors (Lipinski definition) is 2. The zero-order chi connectivity index (χ0) is 12.3. The molecule has 17 heavy (non-hydrogen) atoms. The minimum absolute atomic E-state index is 0.269. The van der Waals surface area contributed by atoms with Gasteiger partial charge in [0.2, 0.25) is 0 Å². The molecule has 0 aliphatic carbocycles. The summed E-state index contributed by atoms with van der Waals surface area (Å²) in [4.78, 5) is 21.9. The normalized spacial score (nSPS) is 11.4. The maximum Gasteiger partial charge on any atom is 0.329 e. The van der Waals surface area contributed by atoms with Gasteiger partial charge in [0.15, 0.2) is 0 Å². The van der Waals surface area contributed by atoms with Crippen LogP contribution in [0.15, 0.2) is 48.7 Å². The SMILES string of the molecule is O=P(O)(O)Cc1ccc(-c2ccccc2)nc1. The van der Waals surface area contributed by atoms with Crippen LogP contribution >= 0.6 is 7.60 Å². The van der Waals surface area contributed by atoms with E-state index in [0.29, 0.717) is 5.56 Å². The third kappa shape index (κ3) is 3.49. The van der Waals surface area contributed by atoms with Gasteiger partial charge in [0.25, 0.3) is 0 Å². The van der Waals surface area contributed by atoms with Crippen LogP contribution in [0, 0.1) is 0 Å². The van der Waals surface area contributed by atoms with E-state index < -0.39 is 7.60 Å². The van der Waals surface area contributed by atoms with Crippen molar-refractivity contribution in [3.05, 3.63) is 54.2 Å². The second-order valence-corrected chi connectivity index (χ2v) is 5.39. The molecule has 0 spiro atoms. The minimum Gasteiger partial charge on any atom is -0.324 e. The molecule has 0 aliphatic heterocycles. The summed E-state index contributed by atoms with van der Waals surface area (Å²) in [5, 5.41) is 0. The lowest BCUT2D eigenvalue weighted by molar-refractivity contribution is 0.371. The molecule has 2 N–H and O–H groups in total. The van der Waals surface area contributed by atoms with E-state index in [1.165, 1.54) is 6.20 Å². The largest absolute Gasteiger partial charge is 0.329 e. The fourth-order valence-corrected chi connectivity index (χ4v) is 2.20. The summed E-state index contributed by atoms with van der Waals surface area (Å²) in [5.41, 5.74) is 2.31. The molecule has 0 atom stereocenters. The Bertz CT molecular complexity index is 533. The van der Waals surface area contributed by atoms with Gasteiger partial charge in [0.05, 0.1) is 11.9 Å². The lowest BCUT2D eigenvalue weighted by atomic mass is 10.1. The van der Waals surface area contributed by atoms with Gasteiger partial charge >= 0.3 is 7.60 Å². The highest BCUT2D eigenvalue weighted by Crippen LogP contribution is 2.38. The average molecular weight is 249 g/mol. The third-order valence-corrected chi connectivity index (χ3v) is 3.06. The van der Waals surface area contributed by atoms with Gasteiger partial charge < -0.3 is 9.79 Å². The average Bonchev–Trinajstić information content (AvgIpc) is 2.29. The standard InChI is InChI=1S/C12H12NO3P/c14-17(15,16)9-10-6-7-12(13-8-10)11-4-2-1-3-5-11/h1-8H,9H2,(H2,14,15,16). The molecule has 1 aromatic carbocycles. The summed E-state index contributed by atoms with van der Waals surface area (Å²) >= 11 is 0. The van der Waals surface area contributed by atoms with E-state index in [0.717, 1.165) is 11.3 Å².